The Morgan fingerprint density at radius 2 is 1.68 bits per heavy atom. The van der Waals surface area contributed by atoms with Gasteiger partial charge in [-0.05, 0) is 42.0 Å². The maximum Gasteiger partial charge on any atom is 0.269 e. The molecule has 0 aliphatic rings. The summed E-state index contributed by atoms with van der Waals surface area (Å²) in [6.45, 7) is 0.638. The first-order valence-electron chi connectivity index (χ1n) is 7.77. The van der Waals surface area contributed by atoms with E-state index in [0.29, 0.717) is 11.6 Å². The number of non-ortho nitro benzene ring substituents is 1. The van der Waals surface area contributed by atoms with E-state index < -0.39 is 0 Å². The topological polar surface area (TPSA) is 47.0 Å². The first kappa shape index (κ1) is 16.9. The third-order valence-corrected chi connectivity index (χ3v) is 4.04. The van der Waals surface area contributed by atoms with Crippen molar-refractivity contribution in [2.24, 2.45) is 0 Å². The Balaban J connectivity index is 1.80. The van der Waals surface area contributed by atoms with Gasteiger partial charge in [0.05, 0.1) is 4.92 Å². The third kappa shape index (κ3) is 4.52. The lowest BCUT2D eigenvalue weighted by Gasteiger charge is -2.01. The molecule has 0 saturated carbocycles. The van der Waals surface area contributed by atoms with Gasteiger partial charge in [0.15, 0.2) is 12.7 Å². The molecule has 0 amide bonds. The van der Waals surface area contributed by atoms with Crippen LogP contribution in [-0.2, 0) is 6.54 Å². The van der Waals surface area contributed by atoms with E-state index in [0.717, 1.165) is 16.8 Å². The normalized spacial score (nSPS) is 10.9. The molecule has 4 nitrogen and oxygen atoms in total. The van der Waals surface area contributed by atoms with Crippen molar-refractivity contribution in [1.82, 2.24) is 0 Å². The molecule has 2 aromatic carbocycles. The molecule has 0 spiro atoms. The summed E-state index contributed by atoms with van der Waals surface area (Å²) in [5.41, 5.74) is 3.21. The summed E-state index contributed by atoms with van der Waals surface area (Å²) in [5.74, 6) is 0. The first-order chi connectivity index (χ1) is 12.1. The summed E-state index contributed by atoms with van der Waals surface area (Å²) in [4.78, 5) is 10.4. The molecule has 0 radical (unpaired) electrons. The van der Waals surface area contributed by atoms with Crippen LogP contribution in [0.5, 0.6) is 0 Å². The van der Waals surface area contributed by atoms with E-state index >= 15 is 0 Å². The van der Waals surface area contributed by atoms with Crippen molar-refractivity contribution in [3.05, 3.63) is 105 Å². The Morgan fingerprint density at radius 3 is 2.36 bits per heavy atom. The molecule has 0 fully saturated rings. The Hall–Kier alpha value is -2.98. The molecule has 3 rings (SSSR count). The molecule has 1 heterocycles. The van der Waals surface area contributed by atoms with Gasteiger partial charge in [0.25, 0.3) is 5.69 Å². The molecular formula is C20H16ClN2O2+. The Bertz CT molecular complexity index is 904. The highest BCUT2D eigenvalue weighted by Gasteiger charge is 2.10. The van der Waals surface area contributed by atoms with Crippen LogP contribution in [0.3, 0.4) is 0 Å². The van der Waals surface area contributed by atoms with Gasteiger partial charge < -0.3 is 0 Å². The van der Waals surface area contributed by atoms with Gasteiger partial charge in [-0.3, -0.25) is 10.1 Å². The van der Waals surface area contributed by atoms with Gasteiger partial charge in [-0.2, -0.15) is 4.57 Å². The predicted octanol–water partition coefficient (Wildman–Crippen LogP) is 4.75. The predicted molar refractivity (Wildman–Crippen MR) is 99.2 cm³/mol. The lowest BCUT2D eigenvalue weighted by molar-refractivity contribution is -0.690. The second-order valence-corrected chi connectivity index (χ2v) is 6.00. The van der Waals surface area contributed by atoms with Crippen molar-refractivity contribution in [1.29, 1.82) is 0 Å². The van der Waals surface area contributed by atoms with Crippen LogP contribution in [0.4, 0.5) is 5.69 Å². The van der Waals surface area contributed by atoms with Crippen molar-refractivity contribution >= 4 is 29.4 Å². The Labute approximate surface area is 150 Å². The van der Waals surface area contributed by atoms with Gasteiger partial charge in [-0.15, -0.1) is 0 Å². The summed E-state index contributed by atoms with van der Waals surface area (Å²) in [7, 11) is 0. The molecular weight excluding hydrogens is 336 g/mol. The smallest absolute Gasteiger partial charge is 0.258 e. The van der Waals surface area contributed by atoms with Crippen molar-refractivity contribution in [2.75, 3.05) is 0 Å². The second kappa shape index (κ2) is 7.73. The summed E-state index contributed by atoms with van der Waals surface area (Å²) in [6, 6.07) is 20.2. The number of nitrogens with zero attached hydrogens (tertiary/aromatic N) is 2. The fourth-order valence-corrected chi connectivity index (χ4v) is 2.59. The van der Waals surface area contributed by atoms with E-state index in [4.69, 9.17) is 11.6 Å². The highest BCUT2D eigenvalue weighted by atomic mass is 35.5. The second-order valence-electron chi connectivity index (χ2n) is 5.56. The largest absolute Gasteiger partial charge is 0.269 e. The SMILES string of the molecule is O=[N+]([O-])c1ccc(C[n+]2ccccc2/C=C/c2ccc(Cl)cc2)cc1. The molecule has 0 unspecified atom stereocenters. The lowest BCUT2D eigenvalue weighted by atomic mass is 10.1. The number of pyridine rings is 1. The molecule has 25 heavy (non-hydrogen) atoms. The minimum absolute atomic E-state index is 0.102. The molecule has 0 saturated heterocycles. The molecule has 0 atom stereocenters. The minimum atomic E-state index is -0.389. The van der Waals surface area contributed by atoms with Gasteiger partial charge in [0, 0.05) is 40.9 Å². The third-order valence-electron chi connectivity index (χ3n) is 3.79. The zero-order chi connectivity index (χ0) is 17.6. The summed E-state index contributed by atoms with van der Waals surface area (Å²) in [5, 5.41) is 11.5. The maximum absolute atomic E-state index is 10.7. The van der Waals surface area contributed by atoms with Crippen LogP contribution in [-0.4, -0.2) is 4.92 Å². The van der Waals surface area contributed by atoms with E-state index in [1.54, 1.807) is 12.1 Å². The van der Waals surface area contributed by atoms with Crippen molar-refractivity contribution in [2.45, 2.75) is 6.54 Å². The van der Waals surface area contributed by atoms with Crippen molar-refractivity contribution in [3.63, 3.8) is 0 Å². The van der Waals surface area contributed by atoms with Crippen LogP contribution in [0.1, 0.15) is 16.8 Å². The minimum Gasteiger partial charge on any atom is -0.258 e. The van der Waals surface area contributed by atoms with E-state index in [1.165, 1.54) is 12.1 Å². The average molecular weight is 352 g/mol. The number of halogens is 1. The quantitative estimate of drug-likeness (QED) is 0.378. The average Bonchev–Trinajstić information content (AvgIpc) is 2.63. The van der Waals surface area contributed by atoms with Gasteiger partial charge in [0.2, 0.25) is 5.69 Å². The number of aromatic nitrogens is 1. The van der Waals surface area contributed by atoms with Crippen LogP contribution >= 0.6 is 11.6 Å². The number of rotatable bonds is 5. The van der Waals surface area contributed by atoms with Crippen molar-refractivity contribution in [3.8, 4) is 0 Å². The molecule has 3 aromatic rings. The highest BCUT2D eigenvalue weighted by Crippen LogP contribution is 2.13. The molecule has 1 aromatic heterocycles. The number of nitro groups is 1. The highest BCUT2D eigenvalue weighted by molar-refractivity contribution is 6.30. The van der Waals surface area contributed by atoms with E-state index in [1.807, 2.05) is 60.8 Å². The Kier molecular flexibility index (Phi) is 5.21. The van der Waals surface area contributed by atoms with Gasteiger partial charge in [-0.1, -0.05) is 23.7 Å². The number of nitro benzene ring substituents is 1. The van der Waals surface area contributed by atoms with Gasteiger partial charge in [0.1, 0.15) is 0 Å². The number of benzene rings is 2. The van der Waals surface area contributed by atoms with Gasteiger partial charge >= 0.3 is 0 Å². The van der Waals surface area contributed by atoms with Crippen LogP contribution in [0.2, 0.25) is 5.02 Å². The zero-order valence-electron chi connectivity index (χ0n) is 13.4. The fourth-order valence-electron chi connectivity index (χ4n) is 2.46. The van der Waals surface area contributed by atoms with E-state index in [2.05, 4.69) is 4.57 Å². The molecule has 124 valence electrons. The standard InChI is InChI=1S/C20H16ClN2O2/c21-18-9-4-16(5-10-18)6-11-19-3-1-2-14-22(19)15-17-7-12-20(13-8-17)23(24)25/h1-14H,15H2/q+1/b11-6+. The summed E-state index contributed by atoms with van der Waals surface area (Å²) < 4.78 is 2.09. The maximum atomic E-state index is 10.7. The van der Waals surface area contributed by atoms with Crippen LogP contribution in [0.25, 0.3) is 12.2 Å². The van der Waals surface area contributed by atoms with Crippen LogP contribution < -0.4 is 4.57 Å². The number of hydrogen-bond donors (Lipinski definition) is 0. The number of hydrogen-bond acceptors (Lipinski definition) is 2. The molecule has 0 N–H and O–H groups in total. The molecule has 5 heteroatoms. The van der Waals surface area contributed by atoms with Crippen molar-refractivity contribution < 1.29 is 9.49 Å². The molecule has 0 aliphatic carbocycles. The molecule has 0 bridgehead atoms. The van der Waals surface area contributed by atoms with Crippen LogP contribution in [0.15, 0.2) is 72.9 Å². The monoisotopic (exact) mass is 351 g/mol. The summed E-state index contributed by atoms with van der Waals surface area (Å²) in [6.07, 6.45) is 6.05. The summed E-state index contributed by atoms with van der Waals surface area (Å²) >= 11 is 5.90. The Morgan fingerprint density at radius 1 is 0.960 bits per heavy atom. The zero-order valence-corrected chi connectivity index (χ0v) is 14.1. The van der Waals surface area contributed by atoms with E-state index in [-0.39, 0.29) is 10.6 Å². The lowest BCUT2D eigenvalue weighted by Crippen LogP contribution is -2.36. The first-order valence-corrected chi connectivity index (χ1v) is 8.15. The fraction of sp³-hybridized carbons (Fsp3) is 0.0500. The van der Waals surface area contributed by atoms with E-state index in [9.17, 15) is 10.1 Å². The molecule has 0 aliphatic heterocycles. The van der Waals surface area contributed by atoms with Gasteiger partial charge in [-0.25, -0.2) is 0 Å². The van der Waals surface area contributed by atoms with Crippen LogP contribution in [0, 0.1) is 10.1 Å².